The molecular formula is C21H19N3O6S. The molecule has 160 valence electrons. The molecule has 0 aliphatic heterocycles. The molecule has 1 N–H and O–H groups in total. The molecule has 0 saturated heterocycles. The van der Waals surface area contributed by atoms with E-state index in [1.54, 1.807) is 12.3 Å². The molecule has 10 heteroatoms. The fourth-order valence-corrected chi connectivity index (χ4v) is 3.95. The average molecular weight is 441 g/mol. The highest BCUT2D eigenvalue weighted by molar-refractivity contribution is 7.15. The Morgan fingerprint density at radius 2 is 1.97 bits per heavy atom. The maximum atomic E-state index is 12.6. The zero-order chi connectivity index (χ0) is 22.5. The van der Waals surface area contributed by atoms with E-state index in [1.807, 2.05) is 30.3 Å². The van der Waals surface area contributed by atoms with E-state index < -0.39 is 28.9 Å². The van der Waals surface area contributed by atoms with Gasteiger partial charge in [0, 0.05) is 22.6 Å². The molecule has 0 atom stereocenters. The molecule has 0 spiro atoms. The minimum atomic E-state index is -0.618. The Labute approximate surface area is 181 Å². The van der Waals surface area contributed by atoms with Gasteiger partial charge in [0.2, 0.25) is 5.91 Å². The van der Waals surface area contributed by atoms with Crippen LogP contribution >= 0.6 is 11.3 Å². The van der Waals surface area contributed by atoms with Gasteiger partial charge in [0.1, 0.15) is 17.1 Å². The van der Waals surface area contributed by atoms with Crippen LogP contribution in [0.2, 0.25) is 0 Å². The molecule has 2 aromatic heterocycles. The van der Waals surface area contributed by atoms with Crippen molar-refractivity contribution in [3.05, 3.63) is 79.6 Å². The van der Waals surface area contributed by atoms with Gasteiger partial charge in [0.25, 0.3) is 11.2 Å². The third-order valence-electron chi connectivity index (χ3n) is 4.42. The average Bonchev–Trinajstić information content (AvgIpc) is 3.14. The predicted molar refractivity (Wildman–Crippen MR) is 116 cm³/mol. The molecule has 0 aliphatic rings. The molecule has 0 unspecified atom stereocenters. The molecule has 1 amide bonds. The van der Waals surface area contributed by atoms with Crippen LogP contribution in [-0.4, -0.2) is 28.0 Å². The number of pyridine rings is 1. The monoisotopic (exact) mass is 441 g/mol. The third-order valence-corrected chi connectivity index (χ3v) is 5.32. The number of hydrogen-bond donors (Lipinski definition) is 1. The Morgan fingerprint density at radius 1 is 1.26 bits per heavy atom. The van der Waals surface area contributed by atoms with Crippen LogP contribution < -0.4 is 10.9 Å². The van der Waals surface area contributed by atoms with Crippen molar-refractivity contribution < 1.29 is 19.2 Å². The highest BCUT2D eigenvalue weighted by Crippen LogP contribution is 2.36. The first-order valence-electron chi connectivity index (χ1n) is 9.31. The second-order valence-electron chi connectivity index (χ2n) is 6.55. The Bertz CT molecular complexity index is 1200. The molecule has 0 bridgehead atoms. The zero-order valence-corrected chi connectivity index (χ0v) is 17.6. The van der Waals surface area contributed by atoms with E-state index in [0.717, 1.165) is 33.7 Å². The summed E-state index contributed by atoms with van der Waals surface area (Å²) in [5.41, 5.74) is 1.02. The summed E-state index contributed by atoms with van der Waals surface area (Å²) in [4.78, 5) is 47.8. The second kappa shape index (κ2) is 9.35. The maximum Gasteiger partial charge on any atom is 0.341 e. The number of nitrogens with zero attached hydrogens (tertiary/aromatic N) is 2. The number of carbonyl (C=O) groups excluding carboxylic acids is 2. The topological polar surface area (TPSA) is 121 Å². The van der Waals surface area contributed by atoms with Gasteiger partial charge in [0.15, 0.2) is 0 Å². The van der Waals surface area contributed by atoms with E-state index in [9.17, 15) is 24.5 Å². The van der Waals surface area contributed by atoms with Gasteiger partial charge in [-0.2, -0.15) is 0 Å². The number of nitro groups is 1. The smallest absolute Gasteiger partial charge is 0.341 e. The van der Waals surface area contributed by atoms with Gasteiger partial charge in [0.05, 0.1) is 17.7 Å². The molecule has 2 heterocycles. The van der Waals surface area contributed by atoms with Gasteiger partial charge in [-0.05, 0) is 19.4 Å². The molecule has 0 aliphatic carbocycles. The van der Waals surface area contributed by atoms with Crippen molar-refractivity contribution in [1.82, 2.24) is 4.57 Å². The molecule has 3 aromatic rings. The van der Waals surface area contributed by atoms with Gasteiger partial charge in [-0.3, -0.25) is 24.3 Å². The van der Waals surface area contributed by atoms with Gasteiger partial charge in [-0.25, -0.2) is 4.79 Å². The Balaban J connectivity index is 1.91. The van der Waals surface area contributed by atoms with Crippen molar-refractivity contribution in [2.24, 2.45) is 0 Å². The number of thiophene rings is 1. The van der Waals surface area contributed by atoms with E-state index in [2.05, 4.69) is 5.32 Å². The SMILES string of the molecule is CCOC(=O)c1c(-c2ccccc2)csc1NC(=O)Cn1cc([N+](=O)[O-])c(C)cc1=O. The Morgan fingerprint density at radius 3 is 2.61 bits per heavy atom. The van der Waals surface area contributed by atoms with Crippen molar-refractivity contribution in [2.75, 3.05) is 11.9 Å². The predicted octanol–water partition coefficient (Wildman–Crippen LogP) is 3.61. The van der Waals surface area contributed by atoms with E-state index in [0.29, 0.717) is 5.56 Å². The summed E-state index contributed by atoms with van der Waals surface area (Å²) >= 11 is 1.15. The lowest BCUT2D eigenvalue weighted by Gasteiger charge is -2.10. The number of aryl methyl sites for hydroxylation is 1. The number of anilines is 1. The lowest BCUT2D eigenvalue weighted by molar-refractivity contribution is -0.385. The van der Waals surface area contributed by atoms with Crippen molar-refractivity contribution in [1.29, 1.82) is 0 Å². The van der Waals surface area contributed by atoms with Crippen LogP contribution in [-0.2, 0) is 16.1 Å². The van der Waals surface area contributed by atoms with Crippen LogP contribution in [0.25, 0.3) is 11.1 Å². The lowest BCUT2D eigenvalue weighted by Crippen LogP contribution is -2.27. The number of ether oxygens (including phenoxy) is 1. The first-order chi connectivity index (χ1) is 14.8. The van der Waals surface area contributed by atoms with Crippen LogP contribution in [0.4, 0.5) is 10.7 Å². The van der Waals surface area contributed by atoms with Crippen LogP contribution in [0.5, 0.6) is 0 Å². The molecule has 0 saturated carbocycles. The van der Waals surface area contributed by atoms with Gasteiger partial charge < -0.3 is 10.1 Å². The molecule has 1 aromatic carbocycles. The lowest BCUT2D eigenvalue weighted by atomic mass is 10.0. The minimum Gasteiger partial charge on any atom is -0.462 e. The van der Waals surface area contributed by atoms with E-state index >= 15 is 0 Å². The van der Waals surface area contributed by atoms with E-state index in [1.165, 1.54) is 6.92 Å². The number of rotatable bonds is 7. The van der Waals surface area contributed by atoms with Crippen LogP contribution in [0.15, 0.2) is 52.8 Å². The number of benzene rings is 1. The standard InChI is InChI=1S/C21H19N3O6S/c1-3-30-21(27)19-15(14-7-5-4-6-8-14)12-31-20(19)22-17(25)11-23-10-16(24(28)29)13(2)9-18(23)26/h4-10,12H,3,11H2,1-2H3,(H,22,25). The summed E-state index contributed by atoms with van der Waals surface area (Å²) < 4.78 is 6.10. The van der Waals surface area contributed by atoms with Crippen LogP contribution in [0.3, 0.4) is 0 Å². The summed E-state index contributed by atoms with van der Waals surface area (Å²) in [5, 5.41) is 15.8. The fourth-order valence-electron chi connectivity index (χ4n) is 2.98. The van der Waals surface area contributed by atoms with Gasteiger partial charge in [-0.1, -0.05) is 30.3 Å². The number of hydrogen-bond acceptors (Lipinski definition) is 7. The molecular weight excluding hydrogens is 422 g/mol. The van der Waals surface area contributed by atoms with Crippen LogP contribution in [0, 0.1) is 17.0 Å². The van der Waals surface area contributed by atoms with Crippen molar-refractivity contribution >= 4 is 33.9 Å². The van der Waals surface area contributed by atoms with Crippen molar-refractivity contribution in [2.45, 2.75) is 20.4 Å². The maximum absolute atomic E-state index is 12.6. The number of carbonyl (C=O) groups is 2. The van der Waals surface area contributed by atoms with E-state index in [-0.39, 0.29) is 28.4 Å². The molecule has 0 radical (unpaired) electrons. The van der Waals surface area contributed by atoms with Gasteiger partial charge in [-0.15, -0.1) is 11.3 Å². The second-order valence-corrected chi connectivity index (χ2v) is 7.43. The largest absolute Gasteiger partial charge is 0.462 e. The number of esters is 1. The first kappa shape index (κ1) is 21.9. The summed E-state index contributed by atoms with van der Waals surface area (Å²) in [5.74, 6) is -1.19. The minimum absolute atomic E-state index is 0.165. The normalized spacial score (nSPS) is 10.5. The molecule has 9 nitrogen and oxygen atoms in total. The molecule has 31 heavy (non-hydrogen) atoms. The van der Waals surface area contributed by atoms with Crippen molar-refractivity contribution in [3.63, 3.8) is 0 Å². The number of amides is 1. The summed E-state index contributed by atoms with van der Waals surface area (Å²) in [6, 6.07) is 10.3. The summed E-state index contributed by atoms with van der Waals surface area (Å²) in [6.07, 6.45) is 1.04. The third kappa shape index (κ3) is 4.86. The first-order valence-corrected chi connectivity index (χ1v) is 10.2. The fraction of sp³-hybridized carbons (Fsp3) is 0.190. The highest BCUT2D eigenvalue weighted by atomic mass is 32.1. The van der Waals surface area contributed by atoms with Crippen molar-refractivity contribution in [3.8, 4) is 11.1 Å². The summed E-state index contributed by atoms with van der Waals surface area (Å²) in [7, 11) is 0. The van der Waals surface area contributed by atoms with Gasteiger partial charge >= 0.3 is 5.97 Å². The number of nitrogens with one attached hydrogen (secondary N) is 1. The molecule has 0 fully saturated rings. The van der Waals surface area contributed by atoms with Crippen LogP contribution in [0.1, 0.15) is 22.8 Å². The Kier molecular flexibility index (Phi) is 6.61. The van der Waals surface area contributed by atoms with E-state index in [4.69, 9.17) is 4.74 Å². The quantitative estimate of drug-likeness (QED) is 0.340. The molecule has 3 rings (SSSR count). The number of aromatic nitrogens is 1. The Hall–Kier alpha value is -3.79. The zero-order valence-electron chi connectivity index (χ0n) is 16.8. The summed E-state index contributed by atoms with van der Waals surface area (Å²) in [6.45, 7) is 2.85. The highest BCUT2D eigenvalue weighted by Gasteiger charge is 2.23.